The molecule has 0 atom stereocenters. The Hall–Kier alpha value is -0.920. The highest BCUT2D eigenvalue weighted by Gasteiger charge is 1.62. The van der Waals surface area contributed by atoms with Crippen molar-refractivity contribution in [3.05, 3.63) is 25.1 Å². The van der Waals surface area contributed by atoms with E-state index in [4.69, 9.17) is 5.73 Å². The van der Waals surface area contributed by atoms with Crippen molar-refractivity contribution in [2.75, 3.05) is 6.54 Å². The Labute approximate surface area is 43.7 Å². The molecule has 0 unspecified atom stereocenters. The van der Waals surface area contributed by atoms with Crippen LogP contribution in [0.3, 0.4) is 0 Å². The van der Waals surface area contributed by atoms with Crippen molar-refractivity contribution in [1.29, 1.82) is 0 Å². The van der Waals surface area contributed by atoms with Crippen LogP contribution in [0.5, 0.6) is 0 Å². The first-order valence-corrected chi connectivity index (χ1v) is 2.13. The second kappa shape index (κ2) is 5.08. The highest BCUT2D eigenvalue weighted by molar-refractivity contribution is 4.78. The van der Waals surface area contributed by atoms with Crippen LogP contribution >= 0.6 is 0 Å². The molecule has 40 valence electrons. The SMILES string of the molecule is C=CCN/C=C\N. The number of nitrogens with two attached hydrogens (primary N) is 1. The van der Waals surface area contributed by atoms with Crippen LogP contribution in [0.2, 0.25) is 0 Å². The van der Waals surface area contributed by atoms with Crippen molar-refractivity contribution >= 4 is 0 Å². The van der Waals surface area contributed by atoms with Crippen molar-refractivity contribution < 1.29 is 0 Å². The summed E-state index contributed by atoms with van der Waals surface area (Å²) in [5, 5.41) is 2.86. The Bertz CT molecular complexity index is 66.5. The van der Waals surface area contributed by atoms with E-state index in [-0.39, 0.29) is 0 Å². The number of nitrogens with one attached hydrogen (secondary N) is 1. The molecule has 7 heavy (non-hydrogen) atoms. The molecule has 0 bridgehead atoms. The van der Waals surface area contributed by atoms with Gasteiger partial charge in [-0.3, -0.25) is 0 Å². The summed E-state index contributed by atoms with van der Waals surface area (Å²) in [7, 11) is 0. The molecule has 0 heterocycles. The van der Waals surface area contributed by atoms with E-state index < -0.39 is 0 Å². The van der Waals surface area contributed by atoms with Crippen LogP contribution in [0.1, 0.15) is 0 Å². The highest BCUT2D eigenvalue weighted by Crippen LogP contribution is 1.57. The monoisotopic (exact) mass is 98.1 g/mol. The fourth-order valence-corrected chi connectivity index (χ4v) is 0.219. The molecule has 0 aromatic carbocycles. The van der Waals surface area contributed by atoms with Crippen molar-refractivity contribution in [2.45, 2.75) is 0 Å². The second-order valence-electron chi connectivity index (χ2n) is 1.06. The number of hydrogen-bond acceptors (Lipinski definition) is 2. The zero-order chi connectivity index (χ0) is 5.54. The predicted octanol–water partition coefficient (Wildman–Crippen LogP) is 0.192. The molecular formula is C5H10N2. The fourth-order valence-electron chi connectivity index (χ4n) is 0.219. The third-order valence-electron chi connectivity index (χ3n) is 0.476. The molecule has 0 aromatic rings. The highest BCUT2D eigenvalue weighted by atomic mass is 14.8. The second-order valence-corrected chi connectivity index (χ2v) is 1.06. The van der Waals surface area contributed by atoms with Gasteiger partial charge in [-0.25, -0.2) is 0 Å². The zero-order valence-electron chi connectivity index (χ0n) is 4.22. The van der Waals surface area contributed by atoms with Gasteiger partial charge in [0.1, 0.15) is 0 Å². The normalized spacial score (nSPS) is 9.14. The van der Waals surface area contributed by atoms with Gasteiger partial charge in [0, 0.05) is 18.9 Å². The number of hydrogen-bond donors (Lipinski definition) is 2. The smallest absolute Gasteiger partial charge is 0.0323 e. The van der Waals surface area contributed by atoms with Gasteiger partial charge in [0.15, 0.2) is 0 Å². The first-order chi connectivity index (χ1) is 3.41. The molecule has 0 fully saturated rings. The van der Waals surface area contributed by atoms with Crippen LogP contribution in [0, 0.1) is 0 Å². The quantitative estimate of drug-likeness (QED) is 0.390. The van der Waals surface area contributed by atoms with Crippen LogP contribution in [0.15, 0.2) is 25.1 Å². The Morgan fingerprint density at radius 3 is 2.86 bits per heavy atom. The van der Waals surface area contributed by atoms with Crippen molar-refractivity contribution in [3.63, 3.8) is 0 Å². The molecule has 0 aliphatic heterocycles. The minimum atomic E-state index is 0.772. The van der Waals surface area contributed by atoms with Crippen LogP contribution in [-0.4, -0.2) is 6.54 Å². The third kappa shape index (κ3) is 5.08. The van der Waals surface area contributed by atoms with Gasteiger partial charge in [-0.2, -0.15) is 0 Å². The predicted molar refractivity (Wildman–Crippen MR) is 31.5 cm³/mol. The van der Waals surface area contributed by atoms with Crippen molar-refractivity contribution in [2.24, 2.45) is 5.73 Å². The molecule has 0 rings (SSSR count). The summed E-state index contributed by atoms with van der Waals surface area (Å²) >= 11 is 0. The maximum atomic E-state index is 4.99. The van der Waals surface area contributed by atoms with Crippen molar-refractivity contribution in [1.82, 2.24) is 5.32 Å². The van der Waals surface area contributed by atoms with Crippen LogP contribution in [-0.2, 0) is 0 Å². The Morgan fingerprint density at radius 1 is 1.71 bits per heavy atom. The first-order valence-electron chi connectivity index (χ1n) is 2.13. The molecule has 3 N–H and O–H groups in total. The van der Waals surface area contributed by atoms with Gasteiger partial charge < -0.3 is 11.1 Å². The molecule has 0 saturated heterocycles. The largest absolute Gasteiger partial charge is 0.403 e. The molecule has 0 radical (unpaired) electrons. The summed E-state index contributed by atoms with van der Waals surface area (Å²) in [5.74, 6) is 0. The van der Waals surface area contributed by atoms with Gasteiger partial charge in [0.05, 0.1) is 0 Å². The van der Waals surface area contributed by atoms with E-state index in [0.717, 1.165) is 6.54 Å². The molecule has 0 aliphatic carbocycles. The maximum absolute atomic E-state index is 4.99. The summed E-state index contributed by atoms with van der Waals surface area (Å²) in [5.41, 5.74) is 4.99. The van der Waals surface area contributed by atoms with E-state index in [1.165, 1.54) is 6.20 Å². The fraction of sp³-hybridized carbons (Fsp3) is 0.200. The lowest BCUT2D eigenvalue weighted by atomic mass is 10.6. The van der Waals surface area contributed by atoms with Gasteiger partial charge in [-0.15, -0.1) is 6.58 Å². The Balaban J connectivity index is 2.82. The minimum absolute atomic E-state index is 0.772. The van der Waals surface area contributed by atoms with Gasteiger partial charge >= 0.3 is 0 Å². The standard InChI is InChI=1S/C5H10N2/c1-2-4-7-5-3-6/h2-3,5,7H,1,4,6H2/b5-3-. The van der Waals surface area contributed by atoms with Gasteiger partial charge in [0.2, 0.25) is 0 Å². The Morgan fingerprint density at radius 2 is 2.43 bits per heavy atom. The van der Waals surface area contributed by atoms with E-state index in [0.29, 0.717) is 0 Å². The van der Waals surface area contributed by atoms with Gasteiger partial charge in [-0.1, -0.05) is 6.08 Å². The van der Waals surface area contributed by atoms with Crippen LogP contribution in [0.25, 0.3) is 0 Å². The van der Waals surface area contributed by atoms with E-state index in [1.807, 2.05) is 0 Å². The lowest BCUT2D eigenvalue weighted by Crippen LogP contribution is -2.03. The van der Waals surface area contributed by atoms with Gasteiger partial charge in [0.25, 0.3) is 0 Å². The van der Waals surface area contributed by atoms with E-state index in [1.54, 1.807) is 12.3 Å². The maximum Gasteiger partial charge on any atom is 0.0323 e. The average Bonchev–Trinajstić information content (AvgIpc) is 1.69. The molecule has 0 spiro atoms. The average molecular weight is 98.1 g/mol. The molecule has 2 nitrogen and oxygen atoms in total. The first kappa shape index (κ1) is 6.08. The van der Waals surface area contributed by atoms with Crippen LogP contribution < -0.4 is 11.1 Å². The molecule has 0 aliphatic rings. The van der Waals surface area contributed by atoms with Gasteiger partial charge in [-0.05, 0) is 0 Å². The molecular weight excluding hydrogens is 88.1 g/mol. The van der Waals surface area contributed by atoms with E-state index in [2.05, 4.69) is 11.9 Å². The molecule has 2 heteroatoms. The lowest BCUT2D eigenvalue weighted by molar-refractivity contribution is 0.983. The third-order valence-corrected chi connectivity index (χ3v) is 0.476. The van der Waals surface area contributed by atoms with E-state index >= 15 is 0 Å². The summed E-state index contributed by atoms with van der Waals surface area (Å²) in [6, 6.07) is 0. The topological polar surface area (TPSA) is 38.0 Å². The molecule has 0 saturated carbocycles. The molecule has 0 amide bonds. The molecule has 0 aromatic heterocycles. The summed E-state index contributed by atoms with van der Waals surface area (Å²) in [6.07, 6.45) is 4.88. The lowest BCUT2D eigenvalue weighted by Gasteiger charge is -1.87. The van der Waals surface area contributed by atoms with Crippen molar-refractivity contribution in [3.8, 4) is 0 Å². The number of rotatable bonds is 3. The summed E-state index contributed by atoms with van der Waals surface area (Å²) < 4.78 is 0. The minimum Gasteiger partial charge on any atom is -0.403 e. The summed E-state index contributed by atoms with van der Waals surface area (Å²) in [4.78, 5) is 0. The Kier molecular flexibility index (Phi) is 4.41. The summed E-state index contributed by atoms with van der Waals surface area (Å²) in [6.45, 7) is 4.27. The van der Waals surface area contributed by atoms with Crippen LogP contribution in [0.4, 0.5) is 0 Å². The zero-order valence-corrected chi connectivity index (χ0v) is 4.22. The van der Waals surface area contributed by atoms with E-state index in [9.17, 15) is 0 Å².